The predicted octanol–water partition coefficient (Wildman–Crippen LogP) is 2.34. The summed E-state index contributed by atoms with van der Waals surface area (Å²) in [6.07, 6.45) is -2.79. The van der Waals surface area contributed by atoms with E-state index in [4.69, 9.17) is 5.73 Å². The zero-order valence-electron chi connectivity index (χ0n) is 7.88. The van der Waals surface area contributed by atoms with Gasteiger partial charge in [0.1, 0.15) is 5.82 Å². The van der Waals surface area contributed by atoms with Crippen molar-refractivity contribution in [3.8, 4) is 0 Å². The molecule has 1 rings (SSSR count). The van der Waals surface area contributed by atoms with E-state index in [1.165, 1.54) is 0 Å². The highest BCUT2D eigenvalue weighted by molar-refractivity contribution is 5.90. The lowest BCUT2D eigenvalue weighted by Gasteiger charge is -2.08. The summed E-state index contributed by atoms with van der Waals surface area (Å²) in [6, 6.07) is 2.41. The normalized spacial score (nSPS) is 12.0. The van der Waals surface area contributed by atoms with E-state index in [0.29, 0.717) is 12.1 Å². The molecule has 1 amide bonds. The van der Waals surface area contributed by atoms with Crippen molar-refractivity contribution in [2.45, 2.75) is 6.18 Å². The fraction of sp³-hybridized carbons (Fsp3) is 0.100. The van der Waals surface area contributed by atoms with Gasteiger partial charge in [-0.25, -0.2) is 4.39 Å². The van der Waals surface area contributed by atoms with E-state index in [-0.39, 0.29) is 5.56 Å². The van der Waals surface area contributed by atoms with Gasteiger partial charge in [-0.15, -0.1) is 0 Å². The van der Waals surface area contributed by atoms with Crippen molar-refractivity contribution in [1.82, 2.24) is 0 Å². The Hall–Kier alpha value is -1.85. The molecule has 0 aliphatic carbocycles. The van der Waals surface area contributed by atoms with E-state index in [9.17, 15) is 22.4 Å². The molecule has 1 aromatic rings. The van der Waals surface area contributed by atoms with E-state index in [1.807, 2.05) is 0 Å². The number of primary amides is 1. The molecule has 0 unspecified atom stereocenters. The first kappa shape index (κ1) is 12.2. The zero-order chi connectivity index (χ0) is 12.3. The molecule has 0 saturated heterocycles. The van der Waals surface area contributed by atoms with Crippen molar-refractivity contribution < 1.29 is 22.4 Å². The van der Waals surface area contributed by atoms with E-state index in [0.717, 1.165) is 18.2 Å². The first-order chi connectivity index (χ1) is 7.30. The number of hydrogen-bond acceptors (Lipinski definition) is 1. The molecule has 2 N–H and O–H groups in total. The van der Waals surface area contributed by atoms with Crippen LogP contribution in [0.25, 0.3) is 6.08 Å². The standard InChI is InChI=1S/C10H7F4NO/c11-8-3-1-6(2-4-9(15)16)5-7(8)10(12,13)14/h1-5H,(H2,15,16)/b4-2-. The second-order valence-electron chi connectivity index (χ2n) is 2.97. The summed E-state index contributed by atoms with van der Waals surface area (Å²) in [7, 11) is 0. The Morgan fingerprint density at radius 2 is 1.94 bits per heavy atom. The van der Waals surface area contributed by atoms with Crippen LogP contribution in [0.1, 0.15) is 11.1 Å². The number of rotatable bonds is 2. The van der Waals surface area contributed by atoms with Crippen LogP contribution in [0.2, 0.25) is 0 Å². The van der Waals surface area contributed by atoms with Crippen molar-refractivity contribution in [3.63, 3.8) is 0 Å². The summed E-state index contributed by atoms with van der Waals surface area (Å²) in [6.45, 7) is 0. The number of nitrogens with two attached hydrogens (primary N) is 1. The highest BCUT2D eigenvalue weighted by Gasteiger charge is 2.33. The maximum absolute atomic E-state index is 12.8. The Bertz CT molecular complexity index is 437. The van der Waals surface area contributed by atoms with Gasteiger partial charge < -0.3 is 5.73 Å². The van der Waals surface area contributed by atoms with Crippen LogP contribution in [0.15, 0.2) is 24.3 Å². The van der Waals surface area contributed by atoms with Crippen molar-refractivity contribution in [3.05, 3.63) is 41.2 Å². The third-order valence-corrected chi connectivity index (χ3v) is 1.74. The minimum Gasteiger partial charge on any atom is -0.366 e. The maximum Gasteiger partial charge on any atom is 0.419 e. The highest BCUT2D eigenvalue weighted by Crippen LogP contribution is 2.32. The monoisotopic (exact) mass is 233 g/mol. The van der Waals surface area contributed by atoms with E-state index >= 15 is 0 Å². The summed E-state index contributed by atoms with van der Waals surface area (Å²) < 4.78 is 49.6. The number of hydrogen-bond donors (Lipinski definition) is 1. The molecule has 0 radical (unpaired) electrons. The summed E-state index contributed by atoms with van der Waals surface area (Å²) >= 11 is 0. The number of carbonyl (C=O) groups excluding carboxylic acids is 1. The Kier molecular flexibility index (Phi) is 3.31. The van der Waals surface area contributed by atoms with Crippen LogP contribution in [-0.2, 0) is 11.0 Å². The van der Waals surface area contributed by atoms with Gasteiger partial charge in [-0.2, -0.15) is 13.2 Å². The van der Waals surface area contributed by atoms with Gasteiger partial charge in [0.25, 0.3) is 0 Å². The topological polar surface area (TPSA) is 43.1 Å². The quantitative estimate of drug-likeness (QED) is 0.618. The van der Waals surface area contributed by atoms with Gasteiger partial charge in [0.05, 0.1) is 5.56 Å². The zero-order valence-corrected chi connectivity index (χ0v) is 7.88. The molecule has 0 aliphatic rings. The van der Waals surface area contributed by atoms with Crippen molar-refractivity contribution in [2.24, 2.45) is 5.73 Å². The Morgan fingerprint density at radius 3 is 2.44 bits per heavy atom. The predicted molar refractivity (Wildman–Crippen MR) is 49.6 cm³/mol. The lowest BCUT2D eigenvalue weighted by Crippen LogP contribution is -2.08. The average molecular weight is 233 g/mol. The first-order valence-electron chi connectivity index (χ1n) is 4.15. The van der Waals surface area contributed by atoms with Crippen LogP contribution in [0.3, 0.4) is 0 Å². The van der Waals surface area contributed by atoms with Crippen LogP contribution in [0.5, 0.6) is 0 Å². The lowest BCUT2D eigenvalue weighted by molar-refractivity contribution is -0.140. The molecule has 0 aliphatic heterocycles. The van der Waals surface area contributed by atoms with Crippen LogP contribution >= 0.6 is 0 Å². The van der Waals surface area contributed by atoms with Crippen molar-refractivity contribution >= 4 is 12.0 Å². The number of carbonyl (C=O) groups is 1. The van der Waals surface area contributed by atoms with E-state index < -0.39 is 23.5 Å². The van der Waals surface area contributed by atoms with E-state index in [2.05, 4.69) is 0 Å². The number of alkyl halides is 3. The van der Waals surface area contributed by atoms with Gasteiger partial charge in [-0.3, -0.25) is 4.79 Å². The van der Waals surface area contributed by atoms with Gasteiger partial charge in [0.2, 0.25) is 5.91 Å². The molecule has 0 atom stereocenters. The first-order valence-corrected chi connectivity index (χ1v) is 4.15. The second kappa shape index (κ2) is 4.34. The third-order valence-electron chi connectivity index (χ3n) is 1.74. The van der Waals surface area contributed by atoms with Crippen LogP contribution in [0, 0.1) is 5.82 Å². The summed E-state index contributed by atoms with van der Waals surface area (Å²) in [5.41, 5.74) is 3.44. The molecule has 16 heavy (non-hydrogen) atoms. The molecule has 0 heterocycles. The molecule has 1 aromatic carbocycles. The minimum atomic E-state index is -4.76. The number of amides is 1. The minimum absolute atomic E-state index is 0.0486. The molecule has 0 bridgehead atoms. The van der Waals surface area contributed by atoms with Gasteiger partial charge in [-0.1, -0.05) is 6.07 Å². The van der Waals surface area contributed by atoms with E-state index in [1.54, 1.807) is 0 Å². The SMILES string of the molecule is NC(=O)/C=C\c1ccc(F)c(C(F)(F)F)c1. The Morgan fingerprint density at radius 1 is 1.31 bits per heavy atom. The van der Waals surface area contributed by atoms with Gasteiger partial charge in [0.15, 0.2) is 0 Å². The molecule has 2 nitrogen and oxygen atoms in total. The lowest BCUT2D eigenvalue weighted by atomic mass is 10.1. The highest BCUT2D eigenvalue weighted by atomic mass is 19.4. The van der Waals surface area contributed by atoms with Crippen molar-refractivity contribution in [2.75, 3.05) is 0 Å². The maximum atomic E-state index is 12.8. The smallest absolute Gasteiger partial charge is 0.366 e. The summed E-state index contributed by atoms with van der Waals surface area (Å²) in [4.78, 5) is 10.4. The molecule has 0 aromatic heterocycles. The number of benzene rings is 1. The van der Waals surface area contributed by atoms with Gasteiger partial charge >= 0.3 is 6.18 Å². The van der Waals surface area contributed by atoms with Gasteiger partial charge in [-0.05, 0) is 23.8 Å². The number of halogens is 4. The van der Waals surface area contributed by atoms with Crippen molar-refractivity contribution in [1.29, 1.82) is 0 Å². The van der Waals surface area contributed by atoms with Crippen LogP contribution < -0.4 is 5.73 Å². The molecular formula is C10H7F4NO. The summed E-state index contributed by atoms with van der Waals surface area (Å²) in [5.74, 6) is -2.15. The molecule has 6 heteroatoms. The molecule has 86 valence electrons. The average Bonchev–Trinajstić information content (AvgIpc) is 2.14. The molecular weight excluding hydrogens is 226 g/mol. The Balaban J connectivity index is 3.13. The molecule has 0 saturated carbocycles. The third kappa shape index (κ3) is 3.08. The van der Waals surface area contributed by atoms with Crippen LogP contribution in [-0.4, -0.2) is 5.91 Å². The largest absolute Gasteiger partial charge is 0.419 e. The Labute approximate surface area is 88.4 Å². The van der Waals surface area contributed by atoms with Gasteiger partial charge in [0, 0.05) is 6.08 Å². The second-order valence-corrected chi connectivity index (χ2v) is 2.97. The molecule has 0 spiro atoms. The fourth-order valence-electron chi connectivity index (χ4n) is 1.04. The van der Waals surface area contributed by atoms with Crippen LogP contribution in [0.4, 0.5) is 17.6 Å². The summed E-state index contributed by atoms with van der Waals surface area (Å²) in [5, 5.41) is 0. The molecule has 0 fully saturated rings. The fourth-order valence-corrected chi connectivity index (χ4v) is 1.04.